The zero-order valence-electron chi connectivity index (χ0n) is 11.0. The zero-order valence-corrected chi connectivity index (χ0v) is 11.8. The van der Waals surface area contributed by atoms with Gasteiger partial charge in [0.05, 0.1) is 20.6 Å². The molecule has 0 aliphatic carbocycles. The topological polar surface area (TPSA) is 81.7 Å². The van der Waals surface area contributed by atoms with Crippen LogP contribution in [0.1, 0.15) is 16.8 Å². The molecule has 1 rings (SSSR count). The highest BCUT2D eigenvalue weighted by atomic mass is 35.5. The maximum absolute atomic E-state index is 11.9. The van der Waals surface area contributed by atoms with Crippen LogP contribution in [0.5, 0.6) is 0 Å². The summed E-state index contributed by atoms with van der Waals surface area (Å²) >= 11 is 5.72. The summed E-state index contributed by atoms with van der Waals surface area (Å²) in [7, 11) is 2.36. The van der Waals surface area contributed by atoms with Gasteiger partial charge in [-0.25, -0.2) is 4.79 Å². The summed E-state index contributed by atoms with van der Waals surface area (Å²) in [5.74, 6) is -1.87. The Labute approximate surface area is 121 Å². The fourth-order valence-electron chi connectivity index (χ4n) is 1.43. The smallest absolute Gasteiger partial charge is 0.328 e. The van der Waals surface area contributed by atoms with Gasteiger partial charge in [-0.05, 0) is 24.3 Å². The lowest BCUT2D eigenvalue weighted by Gasteiger charge is -2.15. The highest BCUT2D eigenvalue weighted by Crippen LogP contribution is 2.10. The van der Waals surface area contributed by atoms with Gasteiger partial charge >= 0.3 is 11.9 Å². The van der Waals surface area contributed by atoms with Crippen molar-refractivity contribution < 1.29 is 23.9 Å². The third-order valence-corrected chi connectivity index (χ3v) is 2.75. The summed E-state index contributed by atoms with van der Waals surface area (Å²) in [6, 6.07) is 5.00. The van der Waals surface area contributed by atoms with Gasteiger partial charge in [0, 0.05) is 10.6 Å². The van der Waals surface area contributed by atoms with Crippen LogP contribution >= 0.6 is 11.6 Å². The Morgan fingerprint density at radius 1 is 1.15 bits per heavy atom. The summed E-state index contributed by atoms with van der Waals surface area (Å²) in [5, 5.41) is 2.90. The van der Waals surface area contributed by atoms with Crippen LogP contribution in [0, 0.1) is 0 Å². The van der Waals surface area contributed by atoms with Crippen molar-refractivity contribution in [2.24, 2.45) is 0 Å². The van der Waals surface area contributed by atoms with E-state index in [-0.39, 0.29) is 6.42 Å². The Morgan fingerprint density at radius 2 is 1.75 bits per heavy atom. The SMILES string of the molecule is COC(=O)CC(NC(=O)c1ccc(Cl)cc1)C(=O)OC. The molecule has 0 saturated heterocycles. The van der Waals surface area contributed by atoms with Gasteiger partial charge in [-0.2, -0.15) is 0 Å². The van der Waals surface area contributed by atoms with E-state index in [1.54, 1.807) is 12.1 Å². The first-order valence-corrected chi connectivity index (χ1v) is 6.06. The van der Waals surface area contributed by atoms with Crippen LogP contribution in [0.4, 0.5) is 0 Å². The molecule has 1 unspecified atom stereocenters. The van der Waals surface area contributed by atoms with E-state index in [4.69, 9.17) is 11.6 Å². The molecule has 1 atom stereocenters. The van der Waals surface area contributed by atoms with Gasteiger partial charge in [-0.15, -0.1) is 0 Å². The van der Waals surface area contributed by atoms with Crippen LogP contribution in [0.15, 0.2) is 24.3 Å². The average Bonchev–Trinajstić information content (AvgIpc) is 2.46. The van der Waals surface area contributed by atoms with E-state index < -0.39 is 23.9 Å². The summed E-state index contributed by atoms with van der Waals surface area (Å²) in [6.45, 7) is 0. The molecule has 7 heteroatoms. The van der Waals surface area contributed by atoms with Crippen molar-refractivity contribution in [1.82, 2.24) is 5.32 Å². The van der Waals surface area contributed by atoms with E-state index in [1.807, 2.05) is 0 Å². The normalized spacial score (nSPS) is 11.3. The molecule has 0 saturated carbocycles. The number of esters is 2. The highest BCUT2D eigenvalue weighted by molar-refractivity contribution is 6.30. The Bertz CT molecular complexity index is 500. The second kappa shape index (κ2) is 7.49. The number of rotatable bonds is 5. The van der Waals surface area contributed by atoms with Crippen LogP contribution in [0.2, 0.25) is 5.02 Å². The van der Waals surface area contributed by atoms with E-state index in [2.05, 4.69) is 14.8 Å². The first-order chi connectivity index (χ1) is 9.47. The highest BCUT2D eigenvalue weighted by Gasteiger charge is 2.25. The zero-order chi connectivity index (χ0) is 15.1. The molecular formula is C13H14ClNO5. The minimum atomic E-state index is -1.10. The first-order valence-electron chi connectivity index (χ1n) is 5.69. The van der Waals surface area contributed by atoms with Crippen LogP contribution in [-0.4, -0.2) is 38.1 Å². The predicted molar refractivity (Wildman–Crippen MR) is 71.4 cm³/mol. The lowest BCUT2D eigenvalue weighted by Crippen LogP contribution is -2.43. The van der Waals surface area contributed by atoms with Gasteiger partial charge in [0.2, 0.25) is 0 Å². The molecular weight excluding hydrogens is 286 g/mol. The molecule has 6 nitrogen and oxygen atoms in total. The summed E-state index contributed by atoms with van der Waals surface area (Å²) in [5.41, 5.74) is 0.313. The number of benzene rings is 1. The number of hydrogen-bond donors (Lipinski definition) is 1. The molecule has 0 aromatic heterocycles. The van der Waals surface area contributed by atoms with Gasteiger partial charge in [-0.1, -0.05) is 11.6 Å². The number of nitrogens with one attached hydrogen (secondary N) is 1. The number of amides is 1. The Kier molecular flexibility index (Phi) is 5.99. The molecule has 0 spiro atoms. The monoisotopic (exact) mass is 299 g/mol. The number of carbonyl (C=O) groups is 3. The van der Waals surface area contributed by atoms with Gasteiger partial charge < -0.3 is 14.8 Å². The molecule has 1 aromatic carbocycles. The molecule has 0 aliphatic rings. The van der Waals surface area contributed by atoms with E-state index in [0.29, 0.717) is 10.6 Å². The summed E-state index contributed by atoms with van der Waals surface area (Å²) in [6.07, 6.45) is -0.303. The molecule has 0 fully saturated rings. The van der Waals surface area contributed by atoms with Gasteiger partial charge in [0.1, 0.15) is 6.04 Å². The number of halogens is 1. The number of carbonyl (C=O) groups excluding carboxylic acids is 3. The molecule has 1 aromatic rings. The van der Waals surface area contributed by atoms with Crippen molar-refractivity contribution in [2.45, 2.75) is 12.5 Å². The van der Waals surface area contributed by atoms with Crippen LogP contribution < -0.4 is 5.32 Å². The fourth-order valence-corrected chi connectivity index (χ4v) is 1.55. The molecule has 1 amide bonds. The first kappa shape index (κ1) is 16.0. The Hall–Kier alpha value is -2.08. The van der Waals surface area contributed by atoms with Crippen molar-refractivity contribution in [2.75, 3.05) is 14.2 Å². The standard InChI is InChI=1S/C13H14ClNO5/c1-19-11(16)7-10(13(18)20-2)15-12(17)8-3-5-9(14)6-4-8/h3-6,10H,7H2,1-2H3,(H,15,17). The van der Waals surface area contributed by atoms with Crippen LogP contribution in [-0.2, 0) is 19.1 Å². The Balaban J connectivity index is 2.78. The largest absolute Gasteiger partial charge is 0.469 e. The maximum Gasteiger partial charge on any atom is 0.328 e. The average molecular weight is 300 g/mol. The predicted octanol–water partition coefficient (Wildman–Crippen LogP) is 1.17. The van der Waals surface area contributed by atoms with Gasteiger partial charge in [0.25, 0.3) is 5.91 Å². The lowest BCUT2D eigenvalue weighted by atomic mass is 10.1. The van der Waals surface area contributed by atoms with Crippen molar-refractivity contribution >= 4 is 29.4 Å². The molecule has 0 aliphatic heterocycles. The second-order valence-electron chi connectivity index (χ2n) is 3.84. The van der Waals surface area contributed by atoms with E-state index in [1.165, 1.54) is 26.4 Å². The van der Waals surface area contributed by atoms with E-state index in [0.717, 1.165) is 0 Å². The fraction of sp³-hybridized carbons (Fsp3) is 0.308. The van der Waals surface area contributed by atoms with Crippen molar-refractivity contribution in [3.8, 4) is 0 Å². The van der Waals surface area contributed by atoms with Crippen LogP contribution in [0.25, 0.3) is 0 Å². The van der Waals surface area contributed by atoms with Gasteiger partial charge in [-0.3, -0.25) is 9.59 Å². The van der Waals surface area contributed by atoms with Crippen molar-refractivity contribution in [1.29, 1.82) is 0 Å². The molecule has 108 valence electrons. The van der Waals surface area contributed by atoms with Gasteiger partial charge in [0.15, 0.2) is 0 Å². The molecule has 0 heterocycles. The molecule has 1 N–H and O–H groups in total. The molecule has 0 bridgehead atoms. The lowest BCUT2D eigenvalue weighted by molar-refractivity contribution is -0.149. The van der Waals surface area contributed by atoms with Crippen molar-refractivity contribution in [3.05, 3.63) is 34.9 Å². The summed E-state index contributed by atoms with van der Waals surface area (Å²) in [4.78, 5) is 34.7. The second-order valence-corrected chi connectivity index (χ2v) is 4.27. The third kappa shape index (κ3) is 4.55. The molecule has 0 radical (unpaired) electrons. The number of hydrogen-bond acceptors (Lipinski definition) is 5. The molecule has 20 heavy (non-hydrogen) atoms. The third-order valence-electron chi connectivity index (χ3n) is 2.50. The Morgan fingerprint density at radius 3 is 2.25 bits per heavy atom. The van der Waals surface area contributed by atoms with E-state index >= 15 is 0 Å². The minimum absolute atomic E-state index is 0.303. The number of methoxy groups -OCH3 is 2. The van der Waals surface area contributed by atoms with Crippen molar-refractivity contribution in [3.63, 3.8) is 0 Å². The maximum atomic E-state index is 11.9. The summed E-state index contributed by atoms with van der Waals surface area (Å²) < 4.78 is 8.99. The quantitative estimate of drug-likeness (QED) is 0.826. The number of ether oxygens (including phenoxy) is 2. The van der Waals surface area contributed by atoms with E-state index in [9.17, 15) is 14.4 Å². The van der Waals surface area contributed by atoms with Crippen LogP contribution in [0.3, 0.4) is 0 Å². The minimum Gasteiger partial charge on any atom is -0.469 e.